The Bertz CT molecular complexity index is 640. The number of hydrogen-bond donors (Lipinski definition) is 0. The summed E-state index contributed by atoms with van der Waals surface area (Å²) in [6.07, 6.45) is 7.51. The fraction of sp³-hybridized carbons (Fsp3) is 0.700. The van der Waals surface area contributed by atoms with Gasteiger partial charge in [-0.1, -0.05) is 6.92 Å². The van der Waals surface area contributed by atoms with Crippen molar-refractivity contribution < 1.29 is 14.3 Å². The summed E-state index contributed by atoms with van der Waals surface area (Å²) in [5.74, 6) is 1.65. The van der Waals surface area contributed by atoms with E-state index in [4.69, 9.17) is 9.47 Å². The van der Waals surface area contributed by atoms with Crippen LogP contribution in [-0.4, -0.2) is 47.7 Å². The van der Waals surface area contributed by atoms with Crippen molar-refractivity contribution in [1.29, 1.82) is 0 Å². The van der Waals surface area contributed by atoms with Gasteiger partial charge in [0.1, 0.15) is 0 Å². The summed E-state index contributed by atoms with van der Waals surface area (Å²) in [5, 5.41) is 0. The molecule has 1 saturated carbocycles. The Balaban J connectivity index is 1.64. The SMILES string of the molecule is Cc1ccnc2c1[C@H]1CC[C@H](CC1)OC[C@H]1[C@@H](C)CCN1C(=O)CO2. The molecule has 0 radical (unpaired) electrons. The predicted molar refractivity (Wildman–Crippen MR) is 94.7 cm³/mol. The molecule has 136 valence electrons. The highest BCUT2D eigenvalue weighted by molar-refractivity contribution is 5.78. The number of ether oxygens (including phenoxy) is 2. The summed E-state index contributed by atoms with van der Waals surface area (Å²) < 4.78 is 12.2. The molecule has 5 nitrogen and oxygen atoms in total. The number of carbonyl (C=O) groups is 1. The van der Waals surface area contributed by atoms with Crippen molar-refractivity contribution in [3.05, 3.63) is 23.4 Å². The van der Waals surface area contributed by atoms with Crippen LogP contribution in [0.25, 0.3) is 0 Å². The molecular weight excluding hydrogens is 316 g/mol. The van der Waals surface area contributed by atoms with Gasteiger partial charge >= 0.3 is 0 Å². The van der Waals surface area contributed by atoms with Gasteiger partial charge in [0.05, 0.1) is 18.8 Å². The van der Waals surface area contributed by atoms with Crippen LogP contribution in [0, 0.1) is 12.8 Å². The number of nitrogens with zero attached hydrogens (tertiary/aromatic N) is 2. The summed E-state index contributed by atoms with van der Waals surface area (Å²) >= 11 is 0. The molecule has 25 heavy (non-hydrogen) atoms. The van der Waals surface area contributed by atoms with Crippen LogP contribution in [0.1, 0.15) is 56.1 Å². The zero-order chi connectivity index (χ0) is 17.4. The van der Waals surface area contributed by atoms with Gasteiger partial charge in [0, 0.05) is 18.3 Å². The lowest BCUT2D eigenvalue weighted by Crippen LogP contribution is -2.43. The van der Waals surface area contributed by atoms with Gasteiger partial charge in [-0.05, 0) is 62.5 Å². The number of hydrogen-bond acceptors (Lipinski definition) is 4. The molecule has 0 aromatic carbocycles. The molecule has 0 N–H and O–H groups in total. The third-order valence-corrected chi connectivity index (χ3v) is 6.29. The van der Waals surface area contributed by atoms with E-state index in [2.05, 4.69) is 18.8 Å². The third-order valence-electron chi connectivity index (χ3n) is 6.29. The fourth-order valence-corrected chi connectivity index (χ4v) is 4.69. The van der Waals surface area contributed by atoms with Crippen molar-refractivity contribution in [3.63, 3.8) is 0 Å². The van der Waals surface area contributed by atoms with Gasteiger partial charge in [-0.3, -0.25) is 4.79 Å². The Morgan fingerprint density at radius 2 is 2.00 bits per heavy atom. The maximum Gasteiger partial charge on any atom is 0.260 e. The molecule has 4 aliphatic rings. The van der Waals surface area contributed by atoms with E-state index in [1.54, 1.807) is 6.20 Å². The van der Waals surface area contributed by atoms with Crippen LogP contribution in [0.15, 0.2) is 12.3 Å². The van der Waals surface area contributed by atoms with E-state index in [-0.39, 0.29) is 18.6 Å². The van der Waals surface area contributed by atoms with Gasteiger partial charge in [-0.2, -0.15) is 0 Å². The molecule has 5 heteroatoms. The molecule has 1 amide bonds. The first-order valence-electron chi connectivity index (χ1n) is 9.63. The molecule has 1 aliphatic carbocycles. The Hall–Kier alpha value is -1.62. The van der Waals surface area contributed by atoms with Gasteiger partial charge in [-0.15, -0.1) is 0 Å². The van der Waals surface area contributed by atoms with E-state index in [1.807, 2.05) is 11.0 Å². The monoisotopic (exact) mass is 344 g/mol. The number of amides is 1. The molecule has 1 aromatic heterocycles. The van der Waals surface area contributed by atoms with Crippen LogP contribution < -0.4 is 4.74 Å². The van der Waals surface area contributed by atoms with Crippen molar-refractivity contribution in [1.82, 2.24) is 9.88 Å². The molecule has 0 spiro atoms. The van der Waals surface area contributed by atoms with Gasteiger partial charge in [0.2, 0.25) is 5.88 Å². The molecule has 4 heterocycles. The van der Waals surface area contributed by atoms with Gasteiger partial charge in [0.15, 0.2) is 6.61 Å². The molecule has 1 saturated heterocycles. The first-order chi connectivity index (χ1) is 12.1. The standard InChI is InChI=1S/C20H28N2O3/c1-13-8-10-22-17(13)11-24-16-5-3-15(4-6-16)19-14(2)7-9-21-20(19)25-12-18(22)23/h7,9,13,15-17H,3-6,8,10-12H2,1-2H3/t13-,15-,16+,17-/m0/s1. The molecular formula is C20H28N2O3. The first kappa shape index (κ1) is 16.8. The molecule has 0 unspecified atom stereocenters. The van der Waals surface area contributed by atoms with Crippen molar-refractivity contribution in [2.75, 3.05) is 19.8 Å². The average Bonchev–Trinajstić information content (AvgIpc) is 2.99. The number of carbonyl (C=O) groups excluding carboxylic acids is 1. The van der Waals surface area contributed by atoms with Crippen molar-refractivity contribution in [2.45, 2.75) is 64.0 Å². The lowest BCUT2D eigenvalue weighted by atomic mass is 9.81. The zero-order valence-corrected chi connectivity index (χ0v) is 15.2. The summed E-state index contributed by atoms with van der Waals surface area (Å²) in [7, 11) is 0. The maximum absolute atomic E-state index is 12.7. The minimum atomic E-state index is 0.0544. The number of pyridine rings is 1. The molecule has 2 fully saturated rings. The third kappa shape index (κ3) is 3.26. The zero-order valence-electron chi connectivity index (χ0n) is 15.2. The fourth-order valence-electron chi connectivity index (χ4n) is 4.69. The quantitative estimate of drug-likeness (QED) is 0.726. The number of aromatic nitrogens is 1. The number of aryl methyl sites for hydroxylation is 1. The Morgan fingerprint density at radius 1 is 1.20 bits per heavy atom. The van der Waals surface area contributed by atoms with Crippen LogP contribution in [0.4, 0.5) is 0 Å². The smallest absolute Gasteiger partial charge is 0.260 e. The van der Waals surface area contributed by atoms with Crippen LogP contribution in [0.5, 0.6) is 5.88 Å². The minimum Gasteiger partial charge on any atom is -0.467 e. The number of fused-ring (bicyclic) bond motifs is 5. The van der Waals surface area contributed by atoms with Crippen molar-refractivity contribution >= 4 is 5.91 Å². The van der Waals surface area contributed by atoms with Crippen LogP contribution in [-0.2, 0) is 9.53 Å². The average molecular weight is 344 g/mol. The Kier molecular flexibility index (Phi) is 4.67. The highest BCUT2D eigenvalue weighted by atomic mass is 16.5. The second kappa shape index (κ2) is 6.94. The lowest BCUT2D eigenvalue weighted by Gasteiger charge is -2.31. The van der Waals surface area contributed by atoms with E-state index >= 15 is 0 Å². The highest BCUT2D eigenvalue weighted by Gasteiger charge is 2.36. The maximum atomic E-state index is 12.7. The second-order valence-electron chi connectivity index (χ2n) is 7.86. The molecule has 5 rings (SSSR count). The second-order valence-corrected chi connectivity index (χ2v) is 7.86. The van der Waals surface area contributed by atoms with Gasteiger partial charge in [-0.25, -0.2) is 4.98 Å². The Labute approximate surface area is 149 Å². The normalized spacial score (nSPS) is 32.9. The molecule has 1 aromatic rings. The predicted octanol–water partition coefficient (Wildman–Crippen LogP) is 3.06. The molecule has 2 bridgehead atoms. The first-order valence-corrected chi connectivity index (χ1v) is 9.63. The van der Waals surface area contributed by atoms with E-state index in [9.17, 15) is 4.79 Å². The number of rotatable bonds is 0. The van der Waals surface area contributed by atoms with Crippen molar-refractivity contribution in [3.8, 4) is 5.88 Å². The summed E-state index contributed by atoms with van der Waals surface area (Å²) in [4.78, 5) is 19.2. The topological polar surface area (TPSA) is 51.7 Å². The molecule has 2 atom stereocenters. The minimum absolute atomic E-state index is 0.0544. The highest BCUT2D eigenvalue weighted by Crippen LogP contribution is 2.40. The van der Waals surface area contributed by atoms with E-state index in [1.165, 1.54) is 11.1 Å². The van der Waals surface area contributed by atoms with Crippen LogP contribution in [0.2, 0.25) is 0 Å². The van der Waals surface area contributed by atoms with Gasteiger partial charge in [0.25, 0.3) is 5.91 Å². The summed E-state index contributed by atoms with van der Waals surface area (Å²) in [6, 6.07) is 2.22. The van der Waals surface area contributed by atoms with Crippen molar-refractivity contribution in [2.24, 2.45) is 5.92 Å². The molecule has 3 aliphatic heterocycles. The van der Waals surface area contributed by atoms with E-state index < -0.39 is 0 Å². The van der Waals surface area contributed by atoms with Crippen LogP contribution in [0.3, 0.4) is 0 Å². The van der Waals surface area contributed by atoms with E-state index in [0.717, 1.165) is 38.6 Å². The van der Waals surface area contributed by atoms with Gasteiger partial charge < -0.3 is 14.4 Å². The Morgan fingerprint density at radius 3 is 2.80 bits per heavy atom. The largest absolute Gasteiger partial charge is 0.467 e. The van der Waals surface area contributed by atoms with E-state index in [0.29, 0.717) is 30.4 Å². The lowest BCUT2D eigenvalue weighted by molar-refractivity contribution is -0.136. The summed E-state index contributed by atoms with van der Waals surface area (Å²) in [6.45, 7) is 5.87. The summed E-state index contributed by atoms with van der Waals surface area (Å²) in [5.41, 5.74) is 2.41. The van der Waals surface area contributed by atoms with Crippen LogP contribution >= 0.6 is 0 Å².